The minimum Gasteiger partial charge on any atom is -0.203 e. The van der Waals surface area contributed by atoms with Gasteiger partial charge in [-0.15, -0.1) is 0 Å². The highest BCUT2D eigenvalue weighted by molar-refractivity contribution is 8.01. The average Bonchev–Trinajstić information content (AvgIpc) is 2.65. The first-order chi connectivity index (χ1) is 7.15. The molecular formula is C10H18N2S3. The van der Waals surface area contributed by atoms with Crippen molar-refractivity contribution in [3.05, 3.63) is 0 Å². The number of rotatable bonds is 6. The molecule has 15 heavy (non-hydrogen) atoms. The van der Waals surface area contributed by atoms with Gasteiger partial charge in [-0.2, -0.15) is 4.37 Å². The summed E-state index contributed by atoms with van der Waals surface area (Å²) in [7, 11) is 0. The Balaban J connectivity index is 2.49. The van der Waals surface area contributed by atoms with E-state index in [1.54, 1.807) is 11.8 Å². The Hall–Kier alpha value is 0.260. The third kappa shape index (κ3) is 4.74. The van der Waals surface area contributed by atoms with Crippen LogP contribution in [-0.2, 0) is 0 Å². The van der Waals surface area contributed by atoms with Crippen molar-refractivity contribution in [1.29, 1.82) is 0 Å². The van der Waals surface area contributed by atoms with Crippen LogP contribution < -0.4 is 0 Å². The summed E-state index contributed by atoms with van der Waals surface area (Å²) in [6.45, 7) is 8.84. The molecule has 0 N–H and O–H groups in total. The summed E-state index contributed by atoms with van der Waals surface area (Å²) in [5.74, 6) is 0. The molecule has 0 aliphatic rings. The van der Waals surface area contributed by atoms with Crippen LogP contribution in [0, 0.1) is 0 Å². The molecule has 0 radical (unpaired) electrons. The molecule has 0 saturated carbocycles. The Morgan fingerprint density at radius 3 is 2.33 bits per heavy atom. The summed E-state index contributed by atoms with van der Waals surface area (Å²) in [5, 5.41) is 2.20. The van der Waals surface area contributed by atoms with Gasteiger partial charge in [-0.1, -0.05) is 51.2 Å². The van der Waals surface area contributed by atoms with Gasteiger partial charge in [0.05, 0.1) is 0 Å². The third-order valence-corrected chi connectivity index (χ3v) is 5.44. The zero-order valence-electron chi connectivity index (χ0n) is 9.69. The Labute approximate surface area is 105 Å². The van der Waals surface area contributed by atoms with E-state index in [4.69, 9.17) is 0 Å². The highest BCUT2D eigenvalue weighted by atomic mass is 32.2. The lowest BCUT2D eigenvalue weighted by molar-refractivity contribution is 0.888. The van der Waals surface area contributed by atoms with Crippen molar-refractivity contribution in [3.63, 3.8) is 0 Å². The van der Waals surface area contributed by atoms with Gasteiger partial charge < -0.3 is 0 Å². The quantitative estimate of drug-likeness (QED) is 0.713. The molecule has 1 aromatic heterocycles. The molecule has 5 heteroatoms. The van der Waals surface area contributed by atoms with E-state index in [1.165, 1.54) is 18.0 Å². The van der Waals surface area contributed by atoms with Crippen molar-refractivity contribution in [2.45, 2.75) is 60.5 Å². The zero-order chi connectivity index (χ0) is 11.3. The summed E-state index contributed by atoms with van der Waals surface area (Å²) in [6, 6.07) is 0. The second-order valence-electron chi connectivity index (χ2n) is 3.52. The second kappa shape index (κ2) is 6.76. The fourth-order valence-electron chi connectivity index (χ4n) is 0.811. The molecule has 0 spiro atoms. The Morgan fingerprint density at radius 2 is 1.73 bits per heavy atom. The van der Waals surface area contributed by atoms with Crippen LogP contribution in [0.5, 0.6) is 0 Å². The summed E-state index contributed by atoms with van der Waals surface area (Å²) in [4.78, 5) is 4.52. The van der Waals surface area contributed by atoms with Crippen molar-refractivity contribution in [1.82, 2.24) is 9.36 Å². The van der Waals surface area contributed by atoms with Gasteiger partial charge in [0.15, 0.2) is 4.34 Å². The maximum Gasteiger partial charge on any atom is 0.201 e. The fraction of sp³-hybridized carbons (Fsp3) is 0.800. The molecule has 0 aliphatic heterocycles. The van der Waals surface area contributed by atoms with Crippen LogP contribution in [-0.4, -0.2) is 19.9 Å². The molecule has 0 bridgehead atoms. The van der Waals surface area contributed by atoms with Crippen molar-refractivity contribution < 1.29 is 0 Å². The van der Waals surface area contributed by atoms with E-state index in [0.717, 1.165) is 15.9 Å². The highest BCUT2D eigenvalue weighted by Gasteiger charge is 2.10. The van der Waals surface area contributed by atoms with Gasteiger partial charge in [-0.05, 0) is 24.4 Å². The minimum atomic E-state index is 0.612. The number of hydrogen-bond acceptors (Lipinski definition) is 5. The maximum atomic E-state index is 4.52. The summed E-state index contributed by atoms with van der Waals surface area (Å²) >= 11 is 5.13. The van der Waals surface area contributed by atoms with E-state index in [1.807, 2.05) is 11.8 Å². The fourth-order valence-corrected chi connectivity index (χ4v) is 3.63. The Kier molecular flexibility index (Phi) is 6.00. The van der Waals surface area contributed by atoms with Crippen molar-refractivity contribution in [3.8, 4) is 0 Å². The van der Waals surface area contributed by atoms with Crippen LogP contribution in [0.3, 0.4) is 0 Å². The van der Waals surface area contributed by atoms with E-state index >= 15 is 0 Å². The topological polar surface area (TPSA) is 25.8 Å². The predicted octanol–water partition coefficient (Wildman–Crippen LogP) is 4.32. The van der Waals surface area contributed by atoms with E-state index in [9.17, 15) is 0 Å². The predicted molar refractivity (Wildman–Crippen MR) is 71.1 cm³/mol. The number of aromatic nitrogens is 2. The maximum absolute atomic E-state index is 4.52. The molecule has 1 aromatic rings. The standard InChI is InChI=1S/C10H18N2S3/c1-5-7(3)13-9-11-10(15-12-9)14-8(4)6-2/h7-8H,5-6H2,1-4H3. The molecular weight excluding hydrogens is 244 g/mol. The summed E-state index contributed by atoms with van der Waals surface area (Å²) in [6.07, 6.45) is 2.34. The van der Waals surface area contributed by atoms with Crippen LogP contribution in [0.2, 0.25) is 0 Å². The van der Waals surface area contributed by atoms with E-state index < -0.39 is 0 Å². The number of nitrogens with zero attached hydrogens (tertiary/aromatic N) is 2. The van der Waals surface area contributed by atoms with E-state index in [0.29, 0.717) is 10.5 Å². The first-order valence-electron chi connectivity index (χ1n) is 5.32. The van der Waals surface area contributed by atoms with E-state index in [-0.39, 0.29) is 0 Å². The van der Waals surface area contributed by atoms with Gasteiger partial charge >= 0.3 is 0 Å². The second-order valence-corrected chi connectivity index (χ2v) is 7.36. The largest absolute Gasteiger partial charge is 0.203 e. The van der Waals surface area contributed by atoms with Gasteiger partial charge in [0.1, 0.15) is 0 Å². The van der Waals surface area contributed by atoms with Crippen molar-refractivity contribution in [2.24, 2.45) is 0 Å². The molecule has 2 nitrogen and oxygen atoms in total. The number of hydrogen-bond donors (Lipinski definition) is 0. The van der Waals surface area contributed by atoms with E-state index in [2.05, 4.69) is 37.1 Å². The van der Waals surface area contributed by atoms with Crippen LogP contribution >= 0.6 is 35.1 Å². The van der Waals surface area contributed by atoms with Gasteiger partial charge in [0.25, 0.3) is 0 Å². The first kappa shape index (κ1) is 13.3. The zero-order valence-corrected chi connectivity index (χ0v) is 12.1. The van der Waals surface area contributed by atoms with Crippen molar-refractivity contribution in [2.75, 3.05) is 0 Å². The molecule has 2 unspecified atom stereocenters. The molecule has 0 fully saturated rings. The lowest BCUT2D eigenvalue weighted by Gasteiger charge is -2.04. The van der Waals surface area contributed by atoms with Gasteiger partial charge in [-0.25, -0.2) is 4.98 Å². The monoisotopic (exact) mass is 262 g/mol. The Bertz CT molecular complexity index is 261. The molecule has 1 rings (SSSR count). The summed E-state index contributed by atoms with van der Waals surface area (Å²) in [5.41, 5.74) is 0. The molecule has 0 amide bonds. The number of thioether (sulfide) groups is 2. The van der Waals surface area contributed by atoms with Crippen LogP contribution in [0.15, 0.2) is 9.50 Å². The average molecular weight is 262 g/mol. The molecule has 86 valence electrons. The van der Waals surface area contributed by atoms with Crippen molar-refractivity contribution >= 4 is 35.1 Å². The molecule has 1 heterocycles. The summed E-state index contributed by atoms with van der Waals surface area (Å²) < 4.78 is 5.47. The Morgan fingerprint density at radius 1 is 1.13 bits per heavy atom. The first-order valence-corrected chi connectivity index (χ1v) is 7.86. The SMILES string of the molecule is CCC(C)Sc1nsc(SC(C)CC)n1. The highest BCUT2D eigenvalue weighted by Crippen LogP contribution is 2.30. The van der Waals surface area contributed by atoms with Crippen LogP contribution in [0.25, 0.3) is 0 Å². The van der Waals surface area contributed by atoms with Crippen LogP contribution in [0.4, 0.5) is 0 Å². The minimum absolute atomic E-state index is 0.612. The van der Waals surface area contributed by atoms with Crippen LogP contribution in [0.1, 0.15) is 40.5 Å². The molecule has 0 aliphatic carbocycles. The van der Waals surface area contributed by atoms with Gasteiger partial charge in [0, 0.05) is 10.5 Å². The molecule has 0 saturated heterocycles. The normalized spacial score (nSPS) is 15.2. The lowest BCUT2D eigenvalue weighted by atomic mass is 10.4. The van der Waals surface area contributed by atoms with Gasteiger partial charge in [-0.3, -0.25) is 0 Å². The van der Waals surface area contributed by atoms with Gasteiger partial charge in [0.2, 0.25) is 5.16 Å². The smallest absolute Gasteiger partial charge is 0.201 e. The lowest BCUT2D eigenvalue weighted by Crippen LogP contribution is -1.93. The molecule has 2 atom stereocenters. The molecule has 0 aromatic carbocycles. The third-order valence-electron chi connectivity index (χ3n) is 2.15.